The molecule has 0 aliphatic heterocycles. The molecular formula is C17H10F4O2. The van der Waals surface area contributed by atoms with Gasteiger partial charge in [0.05, 0.1) is 5.57 Å². The summed E-state index contributed by atoms with van der Waals surface area (Å²) < 4.78 is 52.7. The third kappa shape index (κ3) is 5.13. The highest BCUT2D eigenvalue weighted by Crippen LogP contribution is 2.23. The Morgan fingerprint density at radius 1 is 1.00 bits per heavy atom. The third-order valence-electron chi connectivity index (χ3n) is 2.82. The molecule has 0 aliphatic carbocycles. The summed E-state index contributed by atoms with van der Waals surface area (Å²) in [6.07, 6.45) is -1.77. The minimum absolute atomic E-state index is 0.195. The van der Waals surface area contributed by atoms with Gasteiger partial charge in [-0.3, -0.25) is 0 Å². The number of rotatable bonds is 4. The van der Waals surface area contributed by atoms with E-state index in [9.17, 15) is 22.4 Å². The van der Waals surface area contributed by atoms with Crippen LogP contribution in [0.3, 0.4) is 0 Å². The van der Waals surface area contributed by atoms with E-state index in [1.54, 1.807) is 5.94 Å². The molecule has 2 aromatic carbocycles. The monoisotopic (exact) mass is 322 g/mol. The van der Waals surface area contributed by atoms with Crippen molar-refractivity contribution >= 4 is 17.6 Å². The quantitative estimate of drug-likeness (QED) is 0.465. The summed E-state index contributed by atoms with van der Waals surface area (Å²) in [5, 5.41) is 0. The summed E-state index contributed by atoms with van der Waals surface area (Å²) in [6, 6.07) is 10.4. The minimum atomic E-state index is -4.74. The third-order valence-corrected chi connectivity index (χ3v) is 2.82. The van der Waals surface area contributed by atoms with E-state index in [0.29, 0.717) is 11.1 Å². The molecule has 0 radical (unpaired) electrons. The Hall–Kier alpha value is -2.85. The topological polar surface area (TPSA) is 26.3 Å². The molecule has 0 spiro atoms. The molecule has 0 saturated carbocycles. The molecule has 118 valence electrons. The number of halogens is 4. The largest absolute Gasteiger partial charge is 0.573 e. The van der Waals surface area contributed by atoms with Crippen LogP contribution in [0.2, 0.25) is 0 Å². The lowest BCUT2D eigenvalue weighted by atomic mass is 10.1. The fraction of sp³-hybridized carbons (Fsp3) is 0.0588. The maximum absolute atomic E-state index is 12.8. The first-order valence-corrected chi connectivity index (χ1v) is 6.42. The number of benzene rings is 2. The molecule has 0 fully saturated rings. The van der Waals surface area contributed by atoms with E-state index in [1.807, 2.05) is 0 Å². The molecule has 23 heavy (non-hydrogen) atoms. The Bertz CT molecular complexity index is 738. The number of ether oxygens (including phenoxy) is 1. The zero-order chi connectivity index (χ0) is 16.9. The summed E-state index contributed by atoms with van der Waals surface area (Å²) >= 11 is 0. The molecule has 0 aromatic heterocycles. The second-order valence-corrected chi connectivity index (χ2v) is 4.47. The van der Waals surface area contributed by atoms with Gasteiger partial charge in [0.25, 0.3) is 0 Å². The van der Waals surface area contributed by atoms with Crippen molar-refractivity contribution in [1.29, 1.82) is 0 Å². The van der Waals surface area contributed by atoms with Gasteiger partial charge in [-0.25, -0.2) is 9.18 Å². The minimum Gasteiger partial charge on any atom is -0.406 e. The second kappa shape index (κ2) is 6.94. The zero-order valence-electron chi connectivity index (χ0n) is 11.6. The van der Waals surface area contributed by atoms with Gasteiger partial charge in [-0.15, -0.1) is 13.2 Å². The van der Waals surface area contributed by atoms with Crippen molar-refractivity contribution in [2.75, 3.05) is 0 Å². The van der Waals surface area contributed by atoms with E-state index in [1.165, 1.54) is 48.6 Å². The van der Waals surface area contributed by atoms with Gasteiger partial charge in [-0.1, -0.05) is 30.3 Å². The maximum Gasteiger partial charge on any atom is 0.573 e. The lowest BCUT2D eigenvalue weighted by Gasteiger charge is -2.08. The molecule has 2 rings (SSSR count). The van der Waals surface area contributed by atoms with Crippen LogP contribution in [-0.4, -0.2) is 12.3 Å². The number of hydrogen-bond acceptors (Lipinski definition) is 2. The first-order chi connectivity index (χ1) is 10.9. The van der Waals surface area contributed by atoms with Crippen molar-refractivity contribution in [3.8, 4) is 5.75 Å². The van der Waals surface area contributed by atoms with Crippen LogP contribution in [0.4, 0.5) is 17.6 Å². The van der Waals surface area contributed by atoms with Gasteiger partial charge in [-0.2, -0.15) is 0 Å². The van der Waals surface area contributed by atoms with Crippen molar-refractivity contribution in [2.24, 2.45) is 0 Å². The molecule has 0 saturated heterocycles. The van der Waals surface area contributed by atoms with E-state index in [0.717, 1.165) is 12.1 Å². The van der Waals surface area contributed by atoms with Gasteiger partial charge in [0.1, 0.15) is 17.5 Å². The fourth-order valence-corrected chi connectivity index (χ4v) is 1.78. The van der Waals surface area contributed by atoms with Gasteiger partial charge < -0.3 is 4.74 Å². The normalized spacial score (nSPS) is 11.3. The van der Waals surface area contributed by atoms with Crippen molar-refractivity contribution in [2.45, 2.75) is 6.36 Å². The summed E-state index contributed by atoms with van der Waals surface area (Å²) in [5.41, 5.74) is 1.24. The van der Waals surface area contributed by atoms with E-state index in [-0.39, 0.29) is 11.3 Å². The standard InChI is InChI=1S/C17H10F4O2/c18-15-7-5-13(6-8-15)14(11-22)4-1-12-2-9-16(10-3-12)23-17(19,20)21/h1-10H/b4-1+. The number of hydrogen-bond donors (Lipinski definition) is 0. The summed E-state index contributed by atoms with van der Waals surface area (Å²) in [7, 11) is 0. The fourth-order valence-electron chi connectivity index (χ4n) is 1.78. The molecule has 0 unspecified atom stereocenters. The van der Waals surface area contributed by atoms with Gasteiger partial charge in [0, 0.05) is 0 Å². The highest BCUT2D eigenvalue weighted by atomic mass is 19.4. The molecule has 0 heterocycles. The van der Waals surface area contributed by atoms with Crippen LogP contribution in [0.15, 0.2) is 54.6 Å². The molecular weight excluding hydrogens is 312 g/mol. The molecule has 0 N–H and O–H groups in total. The van der Waals surface area contributed by atoms with Crippen LogP contribution >= 0.6 is 0 Å². The SMILES string of the molecule is O=C=C(/C=C/c1ccc(OC(F)(F)F)cc1)c1ccc(F)cc1. The molecule has 2 aromatic rings. The smallest absolute Gasteiger partial charge is 0.406 e. The van der Waals surface area contributed by atoms with E-state index < -0.39 is 12.2 Å². The van der Waals surface area contributed by atoms with Crippen LogP contribution in [0.25, 0.3) is 11.6 Å². The van der Waals surface area contributed by atoms with Crippen molar-refractivity contribution in [3.63, 3.8) is 0 Å². The molecule has 0 bridgehead atoms. The molecule has 0 atom stereocenters. The molecule has 6 heteroatoms. The van der Waals surface area contributed by atoms with Gasteiger partial charge in [0.2, 0.25) is 0 Å². The van der Waals surface area contributed by atoms with Gasteiger partial charge >= 0.3 is 6.36 Å². The Morgan fingerprint density at radius 3 is 2.13 bits per heavy atom. The number of allylic oxidation sites excluding steroid dienone is 2. The Balaban J connectivity index is 2.12. The predicted molar refractivity (Wildman–Crippen MR) is 77.7 cm³/mol. The number of alkyl halides is 3. The van der Waals surface area contributed by atoms with Crippen molar-refractivity contribution in [3.05, 3.63) is 71.6 Å². The first kappa shape index (κ1) is 16.5. The second-order valence-electron chi connectivity index (χ2n) is 4.47. The summed E-state index contributed by atoms with van der Waals surface area (Å²) in [6.45, 7) is 0. The van der Waals surface area contributed by atoms with Crippen LogP contribution in [0.1, 0.15) is 11.1 Å². The summed E-state index contributed by atoms with van der Waals surface area (Å²) in [4.78, 5) is 11.0. The Kier molecular flexibility index (Phi) is 4.98. The lowest BCUT2D eigenvalue weighted by Crippen LogP contribution is -2.16. The molecule has 0 aliphatic rings. The van der Waals surface area contributed by atoms with Crippen LogP contribution in [-0.2, 0) is 4.79 Å². The summed E-state index contributed by atoms with van der Waals surface area (Å²) in [5.74, 6) is 0.973. The molecule has 0 amide bonds. The highest BCUT2D eigenvalue weighted by molar-refractivity contribution is 5.95. The Labute approximate surface area is 129 Å². The van der Waals surface area contributed by atoms with Crippen LogP contribution in [0.5, 0.6) is 5.75 Å². The van der Waals surface area contributed by atoms with Crippen molar-refractivity contribution in [1.82, 2.24) is 0 Å². The van der Waals surface area contributed by atoms with Crippen LogP contribution in [0, 0.1) is 5.82 Å². The maximum atomic E-state index is 12.8. The predicted octanol–water partition coefficient (Wildman–Crippen LogP) is 4.65. The average molecular weight is 322 g/mol. The van der Waals surface area contributed by atoms with E-state index >= 15 is 0 Å². The van der Waals surface area contributed by atoms with E-state index in [4.69, 9.17) is 0 Å². The number of carbonyl (C=O) groups excluding carboxylic acids is 1. The highest BCUT2D eigenvalue weighted by Gasteiger charge is 2.30. The average Bonchev–Trinajstić information content (AvgIpc) is 2.49. The van der Waals surface area contributed by atoms with Crippen molar-refractivity contribution < 1.29 is 27.1 Å². The lowest BCUT2D eigenvalue weighted by molar-refractivity contribution is -0.274. The van der Waals surface area contributed by atoms with Gasteiger partial charge in [-0.05, 0) is 41.5 Å². The van der Waals surface area contributed by atoms with E-state index in [2.05, 4.69) is 4.74 Å². The van der Waals surface area contributed by atoms with Gasteiger partial charge in [0.15, 0.2) is 0 Å². The van der Waals surface area contributed by atoms with Crippen LogP contribution < -0.4 is 4.74 Å². The zero-order valence-corrected chi connectivity index (χ0v) is 11.6. The molecule has 2 nitrogen and oxygen atoms in total. The first-order valence-electron chi connectivity index (χ1n) is 6.42. The Morgan fingerprint density at radius 2 is 1.61 bits per heavy atom.